The third-order valence-corrected chi connectivity index (χ3v) is 3.93. The molecule has 2 aromatic carbocycles. The highest BCUT2D eigenvalue weighted by atomic mass is 16.6. The summed E-state index contributed by atoms with van der Waals surface area (Å²) in [5.74, 6) is -0.224. The molecule has 0 atom stereocenters. The van der Waals surface area contributed by atoms with Crippen molar-refractivity contribution >= 4 is 11.6 Å². The monoisotopic (exact) mass is 327 g/mol. The number of nitrogens with two attached hydrogens (primary N) is 1. The summed E-state index contributed by atoms with van der Waals surface area (Å²) in [6.45, 7) is 2.87. The fourth-order valence-electron chi connectivity index (χ4n) is 2.60. The Morgan fingerprint density at radius 3 is 2.46 bits per heavy atom. The van der Waals surface area contributed by atoms with Crippen molar-refractivity contribution in [2.24, 2.45) is 5.73 Å². The number of hydrogen-bond donors (Lipinski definition) is 1. The van der Waals surface area contributed by atoms with Gasteiger partial charge in [-0.05, 0) is 25.0 Å². The van der Waals surface area contributed by atoms with Crippen molar-refractivity contribution in [3.63, 3.8) is 0 Å². The van der Waals surface area contributed by atoms with E-state index >= 15 is 0 Å². The van der Waals surface area contributed by atoms with E-state index in [1.807, 2.05) is 30.3 Å². The first-order valence-electron chi connectivity index (χ1n) is 7.82. The van der Waals surface area contributed by atoms with Crippen LogP contribution in [0.5, 0.6) is 0 Å². The third-order valence-electron chi connectivity index (χ3n) is 3.93. The van der Waals surface area contributed by atoms with Gasteiger partial charge in [0.1, 0.15) is 0 Å². The summed E-state index contributed by atoms with van der Waals surface area (Å²) in [5, 5.41) is 11.1. The second-order valence-corrected chi connectivity index (χ2v) is 5.52. The largest absolute Gasteiger partial charge is 0.337 e. The van der Waals surface area contributed by atoms with E-state index in [2.05, 4.69) is 0 Å². The molecule has 0 aliphatic carbocycles. The predicted molar refractivity (Wildman–Crippen MR) is 92.9 cm³/mol. The molecule has 2 N–H and O–H groups in total. The van der Waals surface area contributed by atoms with Gasteiger partial charge in [0.05, 0.1) is 4.92 Å². The van der Waals surface area contributed by atoms with Gasteiger partial charge in [0.25, 0.3) is 11.6 Å². The number of carbonyl (C=O) groups excluding carboxylic acids is 1. The highest BCUT2D eigenvalue weighted by molar-refractivity contribution is 5.96. The Hall–Kier alpha value is -2.73. The van der Waals surface area contributed by atoms with Gasteiger partial charge in [0.2, 0.25) is 0 Å². The van der Waals surface area contributed by atoms with Crippen LogP contribution in [0.2, 0.25) is 0 Å². The van der Waals surface area contributed by atoms with E-state index in [4.69, 9.17) is 5.73 Å². The molecular formula is C18H21N3O3. The number of nitro groups is 1. The van der Waals surface area contributed by atoms with Gasteiger partial charge in [-0.3, -0.25) is 14.9 Å². The Morgan fingerprint density at radius 1 is 1.12 bits per heavy atom. The van der Waals surface area contributed by atoms with Crippen molar-refractivity contribution in [2.75, 3.05) is 19.6 Å². The van der Waals surface area contributed by atoms with E-state index in [1.165, 1.54) is 12.1 Å². The van der Waals surface area contributed by atoms with Crippen molar-refractivity contribution in [1.29, 1.82) is 0 Å². The third kappa shape index (κ3) is 4.17. The molecule has 6 nitrogen and oxygen atoms in total. The number of hydrogen-bond acceptors (Lipinski definition) is 4. The Balaban J connectivity index is 2.20. The van der Waals surface area contributed by atoms with Crippen molar-refractivity contribution in [3.8, 4) is 0 Å². The zero-order chi connectivity index (χ0) is 17.5. The Kier molecular flexibility index (Phi) is 6.03. The van der Waals surface area contributed by atoms with Crippen LogP contribution in [0.25, 0.3) is 0 Å². The molecule has 0 unspecified atom stereocenters. The molecule has 0 aliphatic rings. The van der Waals surface area contributed by atoms with Crippen LogP contribution in [0.15, 0.2) is 48.5 Å². The van der Waals surface area contributed by atoms with Gasteiger partial charge in [-0.15, -0.1) is 0 Å². The summed E-state index contributed by atoms with van der Waals surface area (Å²) in [6, 6.07) is 14.4. The second-order valence-electron chi connectivity index (χ2n) is 5.52. The number of rotatable bonds is 7. The minimum atomic E-state index is -0.469. The molecule has 6 heteroatoms. The molecular weight excluding hydrogens is 306 g/mol. The highest BCUT2D eigenvalue weighted by Crippen LogP contribution is 2.22. The Bertz CT molecular complexity index is 717. The van der Waals surface area contributed by atoms with Crippen molar-refractivity contribution in [1.82, 2.24) is 4.90 Å². The summed E-state index contributed by atoms with van der Waals surface area (Å²) in [7, 11) is 0. The fourth-order valence-corrected chi connectivity index (χ4v) is 2.60. The molecule has 1 amide bonds. The first-order valence-corrected chi connectivity index (χ1v) is 7.82. The second kappa shape index (κ2) is 8.21. The van der Waals surface area contributed by atoms with E-state index in [1.54, 1.807) is 17.9 Å². The van der Waals surface area contributed by atoms with Crippen molar-refractivity contribution in [2.45, 2.75) is 13.3 Å². The topological polar surface area (TPSA) is 89.5 Å². The van der Waals surface area contributed by atoms with Crippen LogP contribution in [0.4, 0.5) is 5.69 Å². The van der Waals surface area contributed by atoms with E-state index < -0.39 is 4.92 Å². The van der Waals surface area contributed by atoms with Crippen LogP contribution < -0.4 is 5.73 Å². The maximum absolute atomic E-state index is 12.8. The molecule has 0 saturated heterocycles. The molecule has 2 aromatic rings. The van der Waals surface area contributed by atoms with Gasteiger partial charge in [0, 0.05) is 36.8 Å². The lowest BCUT2D eigenvalue weighted by Gasteiger charge is -2.23. The van der Waals surface area contributed by atoms with Gasteiger partial charge in [-0.2, -0.15) is 0 Å². The molecule has 24 heavy (non-hydrogen) atoms. The molecule has 0 aromatic heterocycles. The van der Waals surface area contributed by atoms with Crippen LogP contribution >= 0.6 is 0 Å². The van der Waals surface area contributed by atoms with Crippen molar-refractivity contribution in [3.05, 3.63) is 75.3 Å². The maximum Gasteiger partial charge on any atom is 0.273 e. The highest BCUT2D eigenvalue weighted by Gasteiger charge is 2.21. The van der Waals surface area contributed by atoms with Gasteiger partial charge in [-0.1, -0.05) is 36.4 Å². The van der Waals surface area contributed by atoms with Crippen molar-refractivity contribution < 1.29 is 9.72 Å². The van der Waals surface area contributed by atoms with Gasteiger partial charge in [-0.25, -0.2) is 0 Å². The lowest BCUT2D eigenvalue weighted by Crippen LogP contribution is -2.37. The fraction of sp³-hybridized carbons (Fsp3) is 0.278. The molecule has 0 fully saturated rings. The zero-order valence-corrected chi connectivity index (χ0v) is 13.6. The Labute approximate surface area is 141 Å². The standard InChI is InChI=1S/C18H21N3O3/c1-14-16(8-5-9-17(14)21(23)24)18(22)20(13-11-19)12-10-15-6-3-2-4-7-15/h2-9H,10-13,19H2,1H3. The predicted octanol–water partition coefficient (Wildman–Crippen LogP) is 2.55. The summed E-state index contributed by atoms with van der Waals surface area (Å²) < 4.78 is 0. The van der Waals surface area contributed by atoms with Crippen LogP contribution in [0, 0.1) is 17.0 Å². The maximum atomic E-state index is 12.8. The van der Waals surface area contributed by atoms with E-state index in [0.29, 0.717) is 37.2 Å². The average molecular weight is 327 g/mol. The summed E-state index contributed by atoms with van der Waals surface area (Å²) in [4.78, 5) is 25.0. The minimum Gasteiger partial charge on any atom is -0.337 e. The molecule has 2 rings (SSSR count). The molecule has 0 radical (unpaired) electrons. The molecule has 0 aliphatic heterocycles. The number of carbonyl (C=O) groups is 1. The van der Waals surface area contributed by atoms with Crippen LogP contribution in [0.3, 0.4) is 0 Å². The average Bonchev–Trinajstić information content (AvgIpc) is 2.59. The normalized spacial score (nSPS) is 10.4. The van der Waals surface area contributed by atoms with Gasteiger partial charge in [0.15, 0.2) is 0 Å². The first-order chi connectivity index (χ1) is 11.5. The lowest BCUT2D eigenvalue weighted by molar-refractivity contribution is -0.385. The van der Waals surface area contributed by atoms with Gasteiger partial charge < -0.3 is 10.6 Å². The number of nitro benzene ring substituents is 1. The summed E-state index contributed by atoms with van der Waals surface area (Å²) >= 11 is 0. The molecule has 126 valence electrons. The van der Waals surface area contributed by atoms with E-state index in [0.717, 1.165) is 5.56 Å². The molecule has 0 saturated carbocycles. The molecule has 0 heterocycles. The SMILES string of the molecule is Cc1c(C(=O)N(CCN)CCc2ccccc2)cccc1[N+](=O)[O-]. The first kappa shape index (κ1) is 17.6. The zero-order valence-electron chi connectivity index (χ0n) is 13.6. The van der Waals surface area contributed by atoms with Crippen LogP contribution in [0.1, 0.15) is 21.5 Å². The Morgan fingerprint density at radius 2 is 1.83 bits per heavy atom. The molecule has 0 bridgehead atoms. The summed E-state index contributed by atoms with van der Waals surface area (Å²) in [6.07, 6.45) is 0.709. The van der Waals surface area contributed by atoms with E-state index in [9.17, 15) is 14.9 Å². The lowest BCUT2D eigenvalue weighted by atomic mass is 10.0. The van der Waals surface area contributed by atoms with E-state index in [-0.39, 0.29) is 11.6 Å². The quantitative estimate of drug-likeness (QED) is 0.625. The van der Waals surface area contributed by atoms with Crippen LogP contribution in [-0.4, -0.2) is 35.4 Å². The van der Waals surface area contributed by atoms with Gasteiger partial charge >= 0.3 is 0 Å². The number of amides is 1. The molecule has 0 spiro atoms. The smallest absolute Gasteiger partial charge is 0.273 e. The number of benzene rings is 2. The summed E-state index contributed by atoms with van der Waals surface area (Å²) in [5.41, 5.74) is 7.45. The number of nitrogens with zero attached hydrogens (tertiary/aromatic N) is 2. The van der Waals surface area contributed by atoms with Crippen LogP contribution in [-0.2, 0) is 6.42 Å². The minimum absolute atomic E-state index is 0.0448.